The van der Waals surface area contributed by atoms with Crippen molar-refractivity contribution in [2.75, 3.05) is 18.5 Å². The lowest BCUT2D eigenvalue weighted by Crippen LogP contribution is -2.33. The molecule has 1 aromatic carbocycles. The molecule has 1 heterocycles. The second-order valence-corrected chi connectivity index (χ2v) is 5.29. The zero-order chi connectivity index (χ0) is 13.1. The zero-order valence-corrected chi connectivity index (χ0v) is 11.6. The molecule has 0 spiro atoms. The summed E-state index contributed by atoms with van der Waals surface area (Å²) in [7, 11) is 1.80. The normalized spacial score (nSPS) is 18.9. The zero-order valence-electron chi connectivity index (χ0n) is 10.9. The summed E-state index contributed by atoms with van der Waals surface area (Å²) in [6.07, 6.45) is 2.81. The Balaban J connectivity index is 2.02. The van der Waals surface area contributed by atoms with E-state index in [-0.39, 0.29) is 5.91 Å². The minimum absolute atomic E-state index is 0.134. The largest absolute Gasteiger partial charge is 0.315 e. The van der Waals surface area contributed by atoms with Crippen LogP contribution in [0, 0.1) is 6.92 Å². The van der Waals surface area contributed by atoms with Gasteiger partial charge in [0.2, 0.25) is 5.91 Å². The molecule has 4 heteroatoms. The molecule has 2 rings (SSSR count). The Morgan fingerprint density at radius 1 is 1.56 bits per heavy atom. The summed E-state index contributed by atoms with van der Waals surface area (Å²) >= 11 is 6.08. The van der Waals surface area contributed by atoms with Crippen molar-refractivity contribution in [2.45, 2.75) is 32.2 Å². The summed E-state index contributed by atoms with van der Waals surface area (Å²) in [6.45, 7) is 2.98. The molecule has 18 heavy (non-hydrogen) atoms. The average Bonchev–Trinajstić information content (AvgIpc) is 2.84. The van der Waals surface area contributed by atoms with Crippen molar-refractivity contribution < 1.29 is 4.79 Å². The molecule has 0 aromatic heterocycles. The van der Waals surface area contributed by atoms with E-state index in [2.05, 4.69) is 5.32 Å². The molecule has 1 fully saturated rings. The van der Waals surface area contributed by atoms with E-state index in [1.54, 1.807) is 11.9 Å². The molecular weight excluding hydrogens is 248 g/mol. The highest BCUT2D eigenvalue weighted by atomic mass is 35.5. The van der Waals surface area contributed by atoms with Crippen LogP contribution in [-0.2, 0) is 4.79 Å². The number of nitrogens with zero attached hydrogens (tertiary/aromatic N) is 1. The Bertz CT molecular complexity index is 441. The summed E-state index contributed by atoms with van der Waals surface area (Å²) in [5.41, 5.74) is 1.88. The number of benzene rings is 1. The topological polar surface area (TPSA) is 32.3 Å². The molecule has 0 saturated carbocycles. The van der Waals surface area contributed by atoms with Crippen molar-refractivity contribution in [3.63, 3.8) is 0 Å². The summed E-state index contributed by atoms with van der Waals surface area (Å²) in [5.74, 6) is 0.134. The van der Waals surface area contributed by atoms with Crippen LogP contribution in [0.5, 0.6) is 0 Å². The van der Waals surface area contributed by atoms with Crippen LogP contribution < -0.4 is 10.2 Å². The van der Waals surface area contributed by atoms with Gasteiger partial charge in [0.15, 0.2) is 0 Å². The van der Waals surface area contributed by atoms with Gasteiger partial charge in [-0.2, -0.15) is 0 Å². The van der Waals surface area contributed by atoms with Gasteiger partial charge < -0.3 is 10.2 Å². The predicted molar refractivity (Wildman–Crippen MR) is 75.2 cm³/mol. The lowest BCUT2D eigenvalue weighted by molar-refractivity contribution is -0.118. The summed E-state index contributed by atoms with van der Waals surface area (Å²) in [4.78, 5) is 13.8. The first-order valence-electron chi connectivity index (χ1n) is 6.34. The molecule has 1 saturated heterocycles. The second-order valence-electron chi connectivity index (χ2n) is 4.88. The third-order valence-corrected chi connectivity index (χ3v) is 3.91. The minimum atomic E-state index is 0.134. The number of anilines is 1. The van der Waals surface area contributed by atoms with Gasteiger partial charge in [-0.25, -0.2) is 0 Å². The van der Waals surface area contributed by atoms with Gasteiger partial charge in [-0.1, -0.05) is 17.7 Å². The maximum absolute atomic E-state index is 12.1. The fourth-order valence-electron chi connectivity index (χ4n) is 2.21. The highest BCUT2D eigenvalue weighted by Crippen LogP contribution is 2.23. The lowest BCUT2D eigenvalue weighted by atomic mass is 10.1. The van der Waals surface area contributed by atoms with Gasteiger partial charge >= 0.3 is 0 Å². The summed E-state index contributed by atoms with van der Waals surface area (Å²) in [6, 6.07) is 6.05. The van der Waals surface area contributed by atoms with E-state index in [0.29, 0.717) is 17.5 Å². The Labute approximate surface area is 113 Å². The van der Waals surface area contributed by atoms with Crippen LogP contribution in [0.1, 0.15) is 24.8 Å². The molecule has 1 atom stereocenters. The van der Waals surface area contributed by atoms with Gasteiger partial charge in [0, 0.05) is 30.2 Å². The highest BCUT2D eigenvalue weighted by Gasteiger charge is 2.20. The van der Waals surface area contributed by atoms with Crippen LogP contribution >= 0.6 is 11.6 Å². The van der Waals surface area contributed by atoms with E-state index in [4.69, 9.17) is 11.6 Å². The lowest BCUT2D eigenvalue weighted by Gasteiger charge is -2.20. The monoisotopic (exact) mass is 266 g/mol. The third kappa shape index (κ3) is 3.03. The van der Waals surface area contributed by atoms with Gasteiger partial charge in [-0.3, -0.25) is 4.79 Å². The number of amides is 1. The van der Waals surface area contributed by atoms with Crippen LogP contribution in [0.2, 0.25) is 5.02 Å². The van der Waals surface area contributed by atoms with E-state index in [0.717, 1.165) is 30.6 Å². The van der Waals surface area contributed by atoms with E-state index in [9.17, 15) is 4.79 Å². The summed E-state index contributed by atoms with van der Waals surface area (Å²) < 4.78 is 0. The van der Waals surface area contributed by atoms with Gasteiger partial charge in [-0.15, -0.1) is 0 Å². The fraction of sp³-hybridized carbons (Fsp3) is 0.500. The number of carbonyl (C=O) groups excluding carboxylic acids is 1. The fourth-order valence-corrected chi connectivity index (χ4v) is 2.39. The van der Waals surface area contributed by atoms with Gasteiger partial charge in [0.1, 0.15) is 0 Å². The molecule has 0 aliphatic carbocycles. The molecular formula is C14H19ClN2O. The molecule has 0 bridgehead atoms. The molecule has 1 N–H and O–H groups in total. The van der Waals surface area contributed by atoms with Crippen LogP contribution in [0.15, 0.2) is 18.2 Å². The Morgan fingerprint density at radius 3 is 2.94 bits per heavy atom. The van der Waals surface area contributed by atoms with Crippen molar-refractivity contribution in [2.24, 2.45) is 0 Å². The average molecular weight is 267 g/mol. The number of hydrogen-bond donors (Lipinski definition) is 1. The molecule has 1 amide bonds. The van der Waals surface area contributed by atoms with Gasteiger partial charge in [-0.05, 0) is 44.0 Å². The van der Waals surface area contributed by atoms with Crippen molar-refractivity contribution in [1.29, 1.82) is 0 Å². The Hall–Kier alpha value is -1.06. The van der Waals surface area contributed by atoms with Crippen LogP contribution in [0.25, 0.3) is 0 Å². The van der Waals surface area contributed by atoms with Crippen molar-refractivity contribution in [3.05, 3.63) is 28.8 Å². The Morgan fingerprint density at radius 2 is 2.33 bits per heavy atom. The molecule has 1 unspecified atom stereocenters. The Kier molecular flexibility index (Phi) is 4.25. The maximum Gasteiger partial charge on any atom is 0.228 e. The van der Waals surface area contributed by atoms with Crippen molar-refractivity contribution in [3.8, 4) is 0 Å². The van der Waals surface area contributed by atoms with Gasteiger partial charge in [0.25, 0.3) is 0 Å². The van der Waals surface area contributed by atoms with Crippen molar-refractivity contribution >= 4 is 23.2 Å². The molecule has 3 nitrogen and oxygen atoms in total. The first-order valence-corrected chi connectivity index (χ1v) is 6.72. The standard InChI is InChI=1S/C14H19ClN2O/c1-10-5-6-12(9-13(10)15)17(2)14(18)8-11-4-3-7-16-11/h5-6,9,11,16H,3-4,7-8H2,1-2H3. The third-order valence-electron chi connectivity index (χ3n) is 3.50. The summed E-state index contributed by atoms with van der Waals surface area (Å²) in [5, 5.41) is 4.04. The number of aryl methyl sites for hydroxylation is 1. The van der Waals surface area contributed by atoms with Crippen molar-refractivity contribution in [1.82, 2.24) is 5.32 Å². The van der Waals surface area contributed by atoms with E-state index >= 15 is 0 Å². The number of nitrogens with one attached hydrogen (secondary N) is 1. The number of halogens is 1. The molecule has 1 aromatic rings. The minimum Gasteiger partial charge on any atom is -0.315 e. The van der Waals surface area contributed by atoms with E-state index in [1.165, 1.54) is 0 Å². The number of rotatable bonds is 3. The smallest absolute Gasteiger partial charge is 0.228 e. The van der Waals surface area contributed by atoms with Crippen LogP contribution in [-0.4, -0.2) is 25.5 Å². The molecule has 1 aliphatic rings. The molecule has 0 radical (unpaired) electrons. The van der Waals surface area contributed by atoms with Crippen LogP contribution in [0.3, 0.4) is 0 Å². The molecule has 1 aliphatic heterocycles. The first-order chi connectivity index (χ1) is 8.58. The van der Waals surface area contributed by atoms with E-state index < -0.39 is 0 Å². The first kappa shape index (κ1) is 13.4. The number of hydrogen-bond acceptors (Lipinski definition) is 2. The second kappa shape index (κ2) is 5.72. The van der Waals surface area contributed by atoms with Crippen LogP contribution in [0.4, 0.5) is 5.69 Å². The highest BCUT2D eigenvalue weighted by molar-refractivity contribution is 6.31. The molecule has 98 valence electrons. The number of carbonyl (C=O) groups is 1. The maximum atomic E-state index is 12.1. The van der Waals surface area contributed by atoms with Gasteiger partial charge in [0.05, 0.1) is 0 Å². The SMILES string of the molecule is Cc1ccc(N(C)C(=O)CC2CCCN2)cc1Cl. The predicted octanol–water partition coefficient (Wildman–Crippen LogP) is 2.75. The van der Waals surface area contributed by atoms with E-state index in [1.807, 2.05) is 25.1 Å². The quantitative estimate of drug-likeness (QED) is 0.912.